The van der Waals surface area contributed by atoms with Gasteiger partial charge >= 0.3 is 0 Å². The van der Waals surface area contributed by atoms with Crippen molar-refractivity contribution >= 4 is 5.91 Å². The number of hydrogen-bond acceptors (Lipinski definition) is 8. The molecule has 0 aromatic carbocycles. The highest BCUT2D eigenvalue weighted by molar-refractivity contribution is 5.76. The molecule has 54 heavy (non-hydrogen) atoms. The zero-order valence-electron chi connectivity index (χ0n) is 34.5. The summed E-state index contributed by atoms with van der Waals surface area (Å²) in [7, 11) is 0. The van der Waals surface area contributed by atoms with Crippen LogP contribution in [-0.2, 0) is 14.3 Å². The maximum Gasteiger partial charge on any atom is 0.220 e. The molecule has 1 aliphatic rings. The smallest absolute Gasteiger partial charge is 0.220 e. The van der Waals surface area contributed by atoms with Crippen molar-refractivity contribution in [3.8, 4) is 0 Å². The predicted molar refractivity (Wildman–Crippen MR) is 221 cm³/mol. The first kappa shape index (κ1) is 50.4. The molecule has 6 N–H and O–H groups in total. The van der Waals surface area contributed by atoms with E-state index in [1.165, 1.54) is 103 Å². The molecule has 1 heterocycles. The Hall–Kier alpha value is -1.59. The Balaban J connectivity index is 2.40. The number of nitrogens with one attached hydrogen (secondary N) is 1. The zero-order chi connectivity index (χ0) is 39.5. The Morgan fingerprint density at radius 1 is 0.630 bits per heavy atom. The van der Waals surface area contributed by atoms with E-state index in [-0.39, 0.29) is 12.5 Å². The molecule has 0 bridgehead atoms. The van der Waals surface area contributed by atoms with Gasteiger partial charge in [-0.25, -0.2) is 0 Å². The molecule has 1 amide bonds. The Bertz CT molecular complexity index is 941. The highest BCUT2D eigenvalue weighted by Crippen LogP contribution is 2.22. The second-order valence-corrected chi connectivity index (χ2v) is 15.5. The van der Waals surface area contributed by atoms with Crippen molar-refractivity contribution in [1.82, 2.24) is 5.32 Å². The van der Waals surface area contributed by atoms with Gasteiger partial charge in [0, 0.05) is 6.42 Å². The molecule has 0 aromatic rings. The normalized spacial score (nSPS) is 21.8. The molecule has 1 rings (SSSR count). The van der Waals surface area contributed by atoms with E-state index in [9.17, 15) is 30.3 Å². The summed E-state index contributed by atoms with van der Waals surface area (Å²) in [5.74, 6) is -0.192. The monoisotopic (exact) mass is 766 g/mol. The summed E-state index contributed by atoms with van der Waals surface area (Å²) in [5, 5.41) is 54.1. The van der Waals surface area contributed by atoms with E-state index in [0.717, 1.165) is 64.2 Å². The van der Waals surface area contributed by atoms with E-state index >= 15 is 0 Å². The topological polar surface area (TPSA) is 149 Å². The average Bonchev–Trinajstić information content (AvgIpc) is 3.17. The number of unbranched alkanes of at least 4 members (excludes halogenated alkanes) is 22. The van der Waals surface area contributed by atoms with Crippen LogP contribution in [0.4, 0.5) is 0 Å². The fraction of sp³-hybridized carbons (Fsp3) is 0.844. The van der Waals surface area contributed by atoms with Gasteiger partial charge in [-0.3, -0.25) is 4.79 Å². The van der Waals surface area contributed by atoms with Crippen LogP contribution in [0.1, 0.15) is 187 Å². The Labute approximate surface area is 330 Å². The van der Waals surface area contributed by atoms with Gasteiger partial charge in [0.05, 0.1) is 25.4 Å². The van der Waals surface area contributed by atoms with Crippen molar-refractivity contribution in [3.63, 3.8) is 0 Å². The van der Waals surface area contributed by atoms with Crippen LogP contribution in [0, 0.1) is 0 Å². The van der Waals surface area contributed by atoms with Crippen LogP contribution in [0.3, 0.4) is 0 Å². The largest absolute Gasteiger partial charge is 0.394 e. The molecule has 7 unspecified atom stereocenters. The molecular weight excluding hydrogens is 682 g/mol. The minimum atomic E-state index is -1.57. The number of carbonyl (C=O) groups excluding carboxylic acids is 1. The summed E-state index contributed by atoms with van der Waals surface area (Å²) in [5.41, 5.74) is 0. The van der Waals surface area contributed by atoms with Gasteiger partial charge in [0.15, 0.2) is 6.29 Å². The standard InChI is InChI=1S/C45H83NO8/c1-3-5-7-9-11-13-15-17-19-21-23-25-27-29-31-33-35-41(49)46-38(37-53-45-44(52)43(51)42(50)40(36-47)54-45)39(48)34-32-30-28-26-24-22-20-18-16-14-12-10-8-6-4-2/h13,15,19,21,32,34,38-40,42-45,47-48,50-52H,3-12,14,16-18,20,22-31,33,35-37H2,1-2H3,(H,46,49)/b15-13-,21-19-,34-32+. The maximum atomic E-state index is 12.9. The van der Waals surface area contributed by atoms with Gasteiger partial charge < -0.3 is 40.3 Å². The third-order valence-corrected chi connectivity index (χ3v) is 10.5. The molecule has 0 spiro atoms. The van der Waals surface area contributed by atoms with Crippen molar-refractivity contribution in [2.45, 2.75) is 230 Å². The van der Waals surface area contributed by atoms with Crippen LogP contribution in [0.25, 0.3) is 0 Å². The van der Waals surface area contributed by atoms with E-state index in [0.29, 0.717) is 6.42 Å². The van der Waals surface area contributed by atoms with Crippen molar-refractivity contribution in [2.24, 2.45) is 0 Å². The van der Waals surface area contributed by atoms with Gasteiger partial charge in [-0.05, 0) is 51.4 Å². The minimum Gasteiger partial charge on any atom is -0.394 e. The third kappa shape index (κ3) is 26.3. The first-order chi connectivity index (χ1) is 26.3. The van der Waals surface area contributed by atoms with E-state index in [2.05, 4.69) is 43.5 Å². The van der Waals surface area contributed by atoms with Gasteiger partial charge in [0.25, 0.3) is 0 Å². The fourth-order valence-corrected chi connectivity index (χ4v) is 6.83. The van der Waals surface area contributed by atoms with Crippen LogP contribution in [-0.4, -0.2) is 87.5 Å². The molecule has 0 saturated carbocycles. The van der Waals surface area contributed by atoms with Gasteiger partial charge in [-0.2, -0.15) is 0 Å². The van der Waals surface area contributed by atoms with E-state index < -0.39 is 49.5 Å². The molecule has 316 valence electrons. The van der Waals surface area contributed by atoms with Gasteiger partial charge in [0.1, 0.15) is 24.4 Å². The molecule has 9 nitrogen and oxygen atoms in total. The van der Waals surface area contributed by atoms with Crippen LogP contribution in [0.5, 0.6) is 0 Å². The predicted octanol–water partition coefficient (Wildman–Crippen LogP) is 8.89. The summed E-state index contributed by atoms with van der Waals surface area (Å²) < 4.78 is 11.2. The van der Waals surface area contributed by atoms with Crippen molar-refractivity contribution in [3.05, 3.63) is 36.5 Å². The number of hydrogen-bond donors (Lipinski definition) is 6. The lowest BCUT2D eigenvalue weighted by molar-refractivity contribution is -0.302. The Morgan fingerprint density at radius 3 is 1.61 bits per heavy atom. The van der Waals surface area contributed by atoms with Crippen molar-refractivity contribution in [2.75, 3.05) is 13.2 Å². The number of carbonyl (C=O) groups is 1. The Morgan fingerprint density at radius 2 is 1.09 bits per heavy atom. The average molecular weight is 766 g/mol. The Kier molecular flexibility index (Phi) is 33.4. The summed E-state index contributed by atoms with van der Waals surface area (Å²) in [4.78, 5) is 12.9. The number of ether oxygens (including phenoxy) is 2. The van der Waals surface area contributed by atoms with Gasteiger partial charge in [-0.1, -0.05) is 166 Å². The first-order valence-electron chi connectivity index (χ1n) is 22.2. The lowest BCUT2D eigenvalue weighted by atomic mass is 9.99. The summed E-state index contributed by atoms with van der Waals surface area (Å²) in [6, 6.07) is -0.810. The van der Waals surface area contributed by atoms with Crippen LogP contribution < -0.4 is 5.32 Å². The van der Waals surface area contributed by atoms with E-state index in [1.807, 2.05) is 6.08 Å². The molecule has 0 radical (unpaired) electrons. The zero-order valence-corrected chi connectivity index (χ0v) is 34.5. The second kappa shape index (κ2) is 35.8. The number of allylic oxidation sites excluding steroid dienone is 5. The SMILES string of the molecule is CCCCCC/C=C\C/C=C\CCCCCCCC(=O)NC(COC1OC(CO)C(O)C(O)C1O)C(O)/C=C/CCCCCCCCCCCCCCC. The number of amides is 1. The molecule has 1 saturated heterocycles. The molecule has 9 heteroatoms. The van der Waals surface area contributed by atoms with E-state index in [1.54, 1.807) is 6.08 Å². The van der Waals surface area contributed by atoms with E-state index in [4.69, 9.17) is 9.47 Å². The quantitative estimate of drug-likeness (QED) is 0.0274. The lowest BCUT2D eigenvalue weighted by Gasteiger charge is -2.40. The minimum absolute atomic E-state index is 0.192. The lowest BCUT2D eigenvalue weighted by Crippen LogP contribution is -2.60. The number of aliphatic hydroxyl groups is 5. The highest BCUT2D eigenvalue weighted by Gasteiger charge is 2.44. The summed E-state index contributed by atoms with van der Waals surface area (Å²) in [6.07, 6.45) is 36.0. The number of aliphatic hydroxyl groups excluding tert-OH is 5. The molecule has 0 aliphatic carbocycles. The first-order valence-corrected chi connectivity index (χ1v) is 22.2. The van der Waals surface area contributed by atoms with Crippen LogP contribution in [0.15, 0.2) is 36.5 Å². The molecule has 0 aromatic heterocycles. The third-order valence-electron chi connectivity index (χ3n) is 10.5. The fourth-order valence-electron chi connectivity index (χ4n) is 6.83. The van der Waals surface area contributed by atoms with Crippen molar-refractivity contribution in [1.29, 1.82) is 0 Å². The molecule has 1 fully saturated rings. The van der Waals surface area contributed by atoms with Crippen LogP contribution >= 0.6 is 0 Å². The van der Waals surface area contributed by atoms with Gasteiger partial charge in [-0.15, -0.1) is 0 Å². The molecule has 7 atom stereocenters. The maximum absolute atomic E-state index is 12.9. The molecule has 1 aliphatic heterocycles. The summed E-state index contributed by atoms with van der Waals surface area (Å²) >= 11 is 0. The van der Waals surface area contributed by atoms with Gasteiger partial charge in [0.2, 0.25) is 5.91 Å². The van der Waals surface area contributed by atoms with Crippen molar-refractivity contribution < 1.29 is 39.8 Å². The second-order valence-electron chi connectivity index (χ2n) is 15.5. The van der Waals surface area contributed by atoms with Crippen LogP contribution in [0.2, 0.25) is 0 Å². The summed E-state index contributed by atoms with van der Waals surface area (Å²) in [6.45, 7) is 3.74. The molecular formula is C45H83NO8. The highest BCUT2D eigenvalue weighted by atomic mass is 16.7. The number of rotatable bonds is 36.